The maximum atomic E-state index is 12.9. The molecule has 3 rings (SSSR count). The maximum Gasteiger partial charge on any atom is 0.255 e. The van der Waals surface area contributed by atoms with Gasteiger partial charge in [-0.1, -0.05) is 12.1 Å². The van der Waals surface area contributed by atoms with Crippen LogP contribution in [-0.4, -0.2) is 51.9 Å². The number of sulfonamides is 1. The Morgan fingerprint density at radius 2 is 1.71 bits per heavy atom. The van der Waals surface area contributed by atoms with Crippen LogP contribution in [0.3, 0.4) is 0 Å². The molecule has 1 amide bonds. The summed E-state index contributed by atoms with van der Waals surface area (Å²) in [5.74, 6) is -0.0297. The lowest BCUT2D eigenvalue weighted by Gasteiger charge is -2.21. The summed E-state index contributed by atoms with van der Waals surface area (Å²) < 4.78 is 32.5. The second kappa shape index (κ2) is 10.2. The van der Waals surface area contributed by atoms with E-state index in [1.54, 1.807) is 0 Å². The first-order valence-electron chi connectivity index (χ1n) is 10.7. The molecule has 168 valence electrons. The topological polar surface area (TPSA) is 79.0 Å². The van der Waals surface area contributed by atoms with Crippen molar-refractivity contribution in [2.45, 2.75) is 38.1 Å². The molecule has 2 aromatic rings. The molecular formula is C23H31N3O4S. The van der Waals surface area contributed by atoms with Crippen LogP contribution in [0.4, 0.5) is 5.69 Å². The van der Waals surface area contributed by atoms with Gasteiger partial charge in [0.2, 0.25) is 10.0 Å². The van der Waals surface area contributed by atoms with E-state index in [1.807, 2.05) is 24.3 Å². The van der Waals surface area contributed by atoms with Crippen molar-refractivity contribution in [3.05, 3.63) is 53.6 Å². The van der Waals surface area contributed by atoms with Crippen molar-refractivity contribution in [2.24, 2.45) is 0 Å². The van der Waals surface area contributed by atoms with Crippen molar-refractivity contribution < 1.29 is 17.9 Å². The fraction of sp³-hybridized carbons (Fsp3) is 0.435. The second-order valence-corrected chi connectivity index (χ2v) is 9.43. The van der Waals surface area contributed by atoms with Gasteiger partial charge >= 0.3 is 0 Å². The number of anilines is 1. The summed E-state index contributed by atoms with van der Waals surface area (Å²) in [4.78, 5) is 15.2. The number of nitrogens with one attached hydrogen (secondary N) is 1. The summed E-state index contributed by atoms with van der Waals surface area (Å²) in [6, 6.07) is 12.5. The highest BCUT2D eigenvalue weighted by atomic mass is 32.2. The van der Waals surface area contributed by atoms with Crippen molar-refractivity contribution in [1.29, 1.82) is 0 Å². The zero-order chi connectivity index (χ0) is 22.4. The van der Waals surface area contributed by atoms with Crippen molar-refractivity contribution >= 4 is 21.6 Å². The lowest BCUT2D eigenvalue weighted by Crippen LogP contribution is -2.28. The number of methoxy groups -OCH3 is 1. The van der Waals surface area contributed by atoms with Crippen molar-refractivity contribution in [3.63, 3.8) is 0 Å². The number of amides is 1. The van der Waals surface area contributed by atoms with Crippen molar-refractivity contribution in [3.8, 4) is 5.75 Å². The molecule has 1 heterocycles. The lowest BCUT2D eigenvalue weighted by molar-refractivity contribution is 0.0947. The molecule has 0 radical (unpaired) electrons. The Hall–Kier alpha value is -2.58. The van der Waals surface area contributed by atoms with Gasteiger partial charge in [0.15, 0.2) is 0 Å². The molecule has 8 heteroatoms. The first kappa shape index (κ1) is 23.1. The van der Waals surface area contributed by atoms with Gasteiger partial charge in [0.1, 0.15) is 5.75 Å². The average Bonchev–Trinajstić information content (AvgIpc) is 3.34. The van der Waals surface area contributed by atoms with Gasteiger partial charge in [0.05, 0.1) is 17.6 Å². The third-order valence-corrected chi connectivity index (χ3v) is 7.53. The minimum absolute atomic E-state index is 0.115. The number of nitrogens with zero attached hydrogens (tertiary/aromatic N) is 2. The standard InChI is InChI=1S/C23H31N3O4S/c1-4-25(5-2)19-10-8-18(9-11-19)17-24-23(27)21-16-20(12-13-22(21)30-3)31(28,29)26-14-6-7-15-26/h8-13,16H,4-7,14-15,17H2,1-3H3,(H,24,27). The van der Waals surface area contributed by atoms with E-state index < -0.39 is 10.0 Å². The van der Waals surface area contributed by atoms with E-state index in [1.165, 1.54) is 29.6 Å². The Balaban J connectivity index is 1.75. The van der Waals surface area contributed by atoms with Gasteiger partial charge in [-0.25, -0.2) is 8.42 Å². The molecule has 0 bridgehead atoms. The molecule has 0 spiro atoms. The molecule has 0 aromatic heterocycles. The lowest BCUT2D eigenvalue weighted by atomic mass is 10.1. The number of hydrogen-bond donors (Lipinski definition) is 1. The summed E-state index contributed by atoms with van der Waals surface area (Å²) in [6.07, 6.45) is 1.71. The van der Waals surface area contributed by atoms with Crippen LogP contribution in [0.2, 0.25) is 0 Å². The Kier molecular flexibility index (Phi) is 7.56. The van der Waals surface area contributed by atoms with Crippen LogP contribution in [0.1, 0.15) is 42.6 Å². The minimum Gasteiger partial charge on any atom is -0.496 e. The van der Waals surface area contributed by atoms with Gasteiger partial charge in [0, 0.05) is 38.4 Å². The molecule has 1 fully saturated rings. The number of ether oxygens (including phenoxy) is 1. The van der Waals surface area contributed by atoms with Gasteiger partial charge in [-0.2, -0.15) is 4.31 Å². The first-order valence-corrected chi connectivity index (χ1v) is 12.1. The van der Waals surface area contributed by atoms with Gasteiger partial charge < -0.3 is 15.0 Å². The van der Waals surface area contributed by atoms with E-state index in [2.05, 4.69) is 24.1 Å². The van der Waals surface area contributed by atoms with Gasteiger partial charge in [-0.15, -0.1) is 0 Å². The van der Waals surface area contributed by atoms with E-state index in [0.717, 1.165) is 37.2 Å². The van der Waals surface area contributed by atoms with E-state index in [-0.39, 0.29) is 16.4 Å². The third-order valence-electron chi connectivity index (χ3n) is 5.64. The normalized spacial score (nSPS) is 14.4. The minimum atomic E-state index is -3.61. The number of hydrogen-bond acceptors (Lipinski definition) is 5. The fourth-order valence-electron chi connectivity index (χ4n) is 3.79. The van der Waals surface area contributed by atoms with E-state index in [4.69, 9.17) is 4.74 Å². The Morgan fingerprint density at radius 1 is 1.06 bits per heavy atom. The Bertz CT molecular complexity index is 996. The van der Waals surface area contributed by atoms with Crippen LogP contribution >= 0.6 is 0 Å². The molecule has 0 unspecified atom stereocenters. The second-order valence-electron chi connectivity index (χ2n) is 7.49. The molecule has 0 atom stereocenters. The molecule has 1 aliphatic rings. The Labute approximate surface area is 185 Å². The highest BCUT2D eigenvalue weighted by Crippen LogP contribution is 2.26. The van der Waals surface area contributed by atoms with Gasteiger partial charge in [-0.05, 0) is 62.6 Å². The third kappa shape index (κ3) is 5.19. The molecule has 1 N–H and O–H groups in total. The summed E-state index contributed by atoms with van der Waals surface area (Å²) in [7, 11) is -2.15. The molecule has 31 heavy (non-hydrogen) atoms. The molecular weight excluding hydrogens is 414 g/mol. The highest BCUT2D eigenvalue weighted by Gasteiger charge is 2.28. The molecule has 1 saturated heterocycles. The molecule has 2 aromatic carbocycles. The molecule has 1 aliphatic heterocycles. The van der Waals surface area contributed by atoms with Crippen molar-refractivity contribution in [2.75, 3.05) is 38.2 Å². The predicted molar refractivity (Wildman–Crippen MR) is 122 cm³/mol. The summed E-state index contributed by atoms with van der Waals surface area (Å²) in [5.41, 5.74) is 2.31. The summed E-state index contributed by atoms with van der Waals surface area (Å²) in [5, 5.41) is 2.87. The zero-order valence-corrected chi connectivity index (χ0v) is 19.2. The van der Waals surface area contributed by atoms with E-state index >= 15 is 0 Å². The van der Waals surface area contributed by atoms with Crippen LogP contribution < -0.4 is 15.0 Å². The first-order chi connectivity index (χ1) is 14.9. The largest absolute Gasteiger partial charge is 0.496 e. The monoisotopic (exact) mass is 445 g/mol. The van der Waals surface area contributed by atoms with E-state index in [9.17, 15) is 13.2 Å². The average molecular weight is 446 g/mol. The highest BCUT2D eigenvalue weighted by molar-refractivity contribution is 7.89. The number of rotatable bonds is 9. The number of benzene rings is 2. The molecule has 0 saturated carbocycles. The van der Waals surface area contributed by atoms with Gasteiger partial charge in [-0.3, -0.25) is 4.79 Å². The SMILES string of the molecule is CCN(CC)c1ccc(CNC(=O)c2cc(S(=O)(=O)N3CCCC3)ccc2OC)cc1. The van der Waals surface area contributed by atoms with E-state index in [0.29, 0.717) is 25.4 Å². The van der Waals surface area contributed by atoms with Crippen LogP contribution in [0.15, 0.2) is 47.4 Å². The zero-order valence-electron chi connectivity index (χ0n) is 18.4. The number of carbonyl (C=O) groups excluding carboxylic acids is 1. The summed E-state index contributed by atoms with van der Waals surface area (Å²) >= 11 is 0. The summed E-state index contributed by atoms with van der Waals surface area (Å²) in [6.45, 7) is 7.46. The smallest absolute Gasteiger partial charge is 0.255 e. The Morgan fingerprint density at radius 3 is 2.29 bits per heavy atom. The predicted octanol–water partition coefficient (Wildman–Crippen LogP) is 3.26. The molecule has 7 nitrogen and oxygen atoms in total. The van der Waals surface area contributed by atoms with Crippen LogP contribution in [-0.2, 0) is 16.6 Å². The van der Waals surface area contributed by atoms with Crippen LogP contribution in [0, 0.1) is 0 Å². The van der Waals surface area contributed by atoms with Crippen LogP contribution in [0.5, 0.6) is 5.75 Å². The quantitative estimate of drug-likeness (QED) is 0.641. The maximum absolute atomic E-state index is 12.9. The van der Waals surface area contributed by atoms with Crippen LogP contribution in [0.25, 0.3) is 0 Å². The number of carbonyl (C=O) groups is 1. The molecule has 0 aliphatic carbocycles. The van der Waals surface area contributed by atoms with Gasteiger partial charge in [0.25, 0.3) is 5.91 Å². The fourth-order valence-corrected chi connectivity index (χ4v) is 5.34. The van der Waals surface area contributed by atoms with Crippen molar-refractivity contribution in [1.82, 2.24) is 9.62 Å².